The highest BCUT2D eigenvalue weighted by atomic mass is 32.1. The van der Waals surface area contributed by atoms with Crippen molar-refractivity contribution < 1.29 is 9.69 Å². The van der Waals surface area contributed by atoms with Crippen molar-refractivity contribution in [3.05, 3.63) is 35.4 Å². The Balaban J connectivity index is 2.27. The second-order valence-electron chi connectivity index (χ2n) is 4.96. The Bertz CT molecular complexity index is 462. The zero-order valence-electron chi connectivity index (χ0n) is 12.2. The molecular weight excluding hydrogens is 272 g/mol. The lowest BCUT2D eigenvalue weighted by molar-refractivity contribution is -0.858. The van der Waals surface area contributed by atoms with Crippen LogP contribution >= 0.6 is 12.2 Å². The highest BCUT2D eigenvalue weighted by molar-refractivity contribution is 7.80. The summed E-state index contributed by atoms with van der Waals surface area (Å²) in [6.07, 6.45) is 1.02. The average Bonchev–Trinajstić information content (AvgIpc) is 2.41. The second kappa shape index (κ2) is 8.50. The molecule has 4 N–H and O–H groups in total. The van der Waals surface area contributed by atoms with Crippen LogP contribution in [-0.4, -0.2) is 38.2 Å². The third kappa shape index (κ3) is 5.99. The van der Waals surface area contributed by atoms with Crippen molar-refractivity contribution in [3.8, 4) is 0 Å². The van der Waals surface area contributed by atoms with E-state index in [1.807, 2.05) is 25.1 Å². The third-order valence-electron chi connectivity index (χ3n) is 2.82. The highest BCUT2D eigenvalue weighted by Crippen LogP contribution is 2.05. The molecule has 1 amide bonds. The monoisotopic (exact) mass is 295 g/mol. The number of rotatable bonds is 5. The predicted molar refractivity (Wildman–Crippen MR) is 84.7 cm³/mol. The van der Waals surface area contributed by atoms with E-state index in [1.54, 1.807) is 6.07 Å². The molecular formula is C14H23N4OS+. The van der Waals surface area contributed by atoms with Crippen LogP contribution in [0.15, 0.2) is 24.3 Å². The van der Waals surface area contributed by atoms with Gasteiger partial charge in [0.1, 0.15) is 0 Å². The molecule has 0 unspecified atom stereocenters. The fraction of sp³-hybridized carbons (Fsp3) is 0.429. The summed E-state index contributed by atoms with van der Waals surface area (Å²) in [6.45, 7) is 3.76. The Morgan fingerprint density at radius 3 is 2.60 bits per heavy atom. The summed E-state index contributed by atoms with van der Waals surface area (Å²) in [7, 11) is 4.22. The maximum Gasteiger partial charge on any atom is 0.269 e. The molecule has 1 aromatic carbocycles. The molecule has 0 aliphatic carbocycles. The van der Waals surface area contributed by atoms with Gasteiger partial charge in [-0.25, -0.2) is 0 Å². The summed E-state index contributed by atoms with van der Waals surface area (Å²) >= 11 is 5.09. The molecule has 0 spiro atoms. The molecule has 0 radical (unpaired) electrons. The van der Waals surface area contributed by atoms with E-state index in [0.29, 0.717) is 10.7 Å². The Kier molecular flexibility index (Phi) is 6.97. The number of carbonyl (C=O) groups excluding carboxylic acids is 1. The van der Waals surface area contributed by atoms with Crippen molar-refractivity contribution in [1.29, 1.82) is 0 Å². The number of thiocarbonyl (C=S) groups is 1. The average molecular weight is 295 g/mol. The van der Waals surface area contributed by atoms with Gasteiger partial charge in [0.15, 0.2) is 5.11 Å². The number of hydrogen-bond donors (Lipinski definition) is 4. The van der Waals surface area contributed by atoms with Gasteiger partial charge in [-0.05, 0) is 30.8 Å². The number of quaternary nitrogens is 1. The van der Waals surface area contributed by atoms with Gasteiger partial charge in [-0.1, -0.05) is 18.2 Å². The Hall–Kier alpha value is -1.66. The molecule has 1 aromatic rings. The molecule has 0 fully saturated rings. The molecule has 0 aliphatic heterocycles. The van der Waals surface area contributed by atoms with E-state index in [1.165, 1.54) is 4.90 Å². The Labute approximate surface area is 125 Å². The molecule has 0 saturated carbocycles. The molecule has 5 nitrogen and oxygen atoms in total. The summed E-state index contributed by atoms with van der Waals surface area (Å²) in [5, 5.41) is 3.48. The molecule has 20 heavy (non-hydrogen) atoms. The van der Waals surface area contributed by atoms with Gasteiger partial charge in [0.2, 0.25) is 0 Å². The quantitative estimate of drug-likeness (QED) is 0.340. The number of aryl methyl sites for hydroxylation is 1. The number of carbonyl (C=O) groups is 1. The van der Waals surface area contributed by atoms with Gasteiger partial charge in [0.25, 0.3) is 5.91 Å². The standard InChI is InChI=1S/C14H22N4OS/c1-11-7-4-5-8-12(11)13(19)16-17-14(20)15-9-6-10-18(2)3/h4-5,7-8H,6,9-10H2,1-3H3,(H,16,19)(H2,15,17,20)/p+1. The molecule has 0 bridgehead atoms. The topological polar surface area (TPSA) is 57.6 Å². The van der Waals surface area contributed by atoms with Crippen LogP contribution in [0, 0.1) is 6.92 Å². The van der Waals surface area contributed by atoms with Gasteiger partial charge in [-0.3, -0.25) is 15.6 Å². The van der Waals surface area contributed by atoms with Crippen LogP contribution in [0.5, 0.6) is 0 Å². The van der Waals surface area contributed by atoms with Gasteiger partial charge in [0.05, 0.1) is 20.6 Å². The van der Waals surface area contributed by atoms with Crippen molar-refractivity contribution in [2.75, 3.05) is 27.2 Å². The Morgan fingerprint density at radius 1 is 1.25 bits per heavy atom. The van der Waals surface area contributed by atoms with Gasteiger partial charge in [-0.15, -0.1) is 0 Å². The number of benzene rings is 1. The maximum absolute atomic E-state index is 11.9. The largest absolute Gasteiger partial charge is 0.361 e. The van der Waals surface area contributed by atoms with Crippen LogP contribution in [0.4, 0.5) is 0 Å². The van der Waals surface area contributed by atoms with Crippen LogP contribution in [0.2, 0.25) is 0 Å². The van der Waals surface area contributed by atoms with E-state index in [4.69, 9.17) is 12.2 Å². The molecule has 6 heteroatoms. The first-order valence-electron chi connectivity index (χ1n) is 6.69. The minimum absolute atomic E-state index is 0.190. The first kappa shape index (κ1) is 16.4. The fourth-order valence-electron chi connectivity index (χ4n) is 1.70. The van der Waals surface area contributed by atoms with Gasteiger partial charge in [-0.2, -0.15) is 0 Å². The zero-order chi connectivity index (χ0) is 15.0. The first-order valence-corrected chi connectivity index (χ1v) is 7.10. The van der Waals surface area contributed by atoms with Crippen molar-refractivity contribution in [3.63, 3.8) is 0 Å². The number of hydrogen-bond acceptors (Lipinski definition) is 2. The summed E-state index contributed by atoms with van der Waals surface area (Å²) in [6, 6.07) is 7.41. The zero-order valence-corrected chi connectivity index (χ0v) is 13.1. The van der Waals surface area contributed by atoms with Gasteiger partial charge < -0.3 is 10.2 Å². The lowest BCUT2D eigenvalue weighted by atomic mass is 10.1. The number of hydrazine groups is 1. The van der Waals surface area contributed by atoms with Gasteiger partial charge in [0, 0.05) is 18.5 Å². The van der Waals surface area contributed by atoms with Crippen LogP contribution in [0.25, 0.3) is 0 Å². The minimum atomic E-state index is -0.190. The van der Waals surface area contributed by atoms with Crippen LogP contribution in [0.1, 0.15) is 22.3 Å². The van der Waals surface area contributed by atoms with E-state index in [9.17, 15) is 4.79 Å². The highest BCUT2D eigenvalue weighted by Gasteiger charge is 2.07. The normalized spacial score (nSPS) is 10.2. The van der Waals surface area contributed by atoms with E-state index in [-0.39, 0.29) is 5.91 Å². The van der Waals surface area contributed by atoms with Gasteiger partial charge >= 0.3 is 0 Å². The molecule has 0 aliphatic rings. The molecule has 110 valence electrons. The SMILES string of the molecule is Cc1ccccc1C(=O)NNC(=S)NCCC[NH+](C)C. The maximum atomic E-state index is 11.9. The summed E-state index contributed by atoms with van der Waals surface area (Å²) in [5.74, 6) is -0.190. The predicted octanol–water partition coefficient (Wildman–Crippen LogP) is -0.361. The van der Waals surface area contributed by atoms with E-state index >= 15 is 0 Å². The fourth-order valence-corrected chi connectivity index (χ4v) is 1.85. The minimum Gasteiger partial charge on any atom is -0.361 e. The summed E-state index contributed by atoms with van der Waals surface area (Å²) in [5.41, 5.74) is 6.87. The second-order valence-corrected chi connectivity index (χ2v) is 5.37. The van der Waals surface area contributed by atoms with Crippen molar-refractivity contribution in [2.24, 2.45) is 0 Å². The van der Waals surface area contributed by atoms with E-state index in [2.05, 4.69) is 30.3 Å². The lowest BCUT2D eigenvalue weighted by Gasteiger charge is -2.13. The van der Waals surface area contributed by atoms with Crippen molar-refractivity contribution >= 4 is 23.2 Å². The van der Waals surface area contributed by atoms with Crippen molar-refractivity contribution in [2.45, 2.75) is 13.3 Å². The first-order chi connectivity index (χ1) is 9.50. The summed E-state index contributed by atoms with van der Waals surface area (Å²) in [4.78, 5) is 13.3. The van der Waals surface area contributed by atoms with E-state index < -0.39 is 0 Å². The van der Waals surface area contributed by atoms with Crippen molar-refractivity contribution in [1.82, 2.24) is 16.2 Å². The number of amides is 1. The molecule has 0 saturated heterocycles. The van der Waals surface area contributed by atoms with E-state index in [0.717, 1.165) is 25.1 Å². The lowest BCUT2D eigenvalue weighted by Crippen LogP contribution is -3.05. The van der Waals surface area contributed by atoms with Crippen LogP contribution < -0.4 is 21.1 Å². The van der Waals surface area contributed by atoms with Crippen LogP contribution in [-0.2, 0) is 0 Å². The smallest absolute Gasteiger partial charge is 0.269 e. The van der Waals surface area contributed by atoms with Crippen LogP contribution in [0.3, 0.4) is 0 Å². The summed E-state index contributed by atoms with van der Waals surface area (Å²) < 4.78 is 0. The molecule has 0 atom stereocenters. The molecule has 1 rings (SSSR count). The number of nitrogens with one attached hydrogen (secondary N) is 4. The third-order valence-corrected chi connectivity index (χ3v) is 3.06. The molecule has 0 heterocycles. The molecule has 0 aromatic heterocycles. The Morgan fingerprint density at radius 2 is 1.95 bits per heavy atom.